The zero-order valence-electron chi connectivity index (χ0n) is 7.51. The number of esters is 1. The van der Waals surface area contributed by atoms with Gasteiger partial charge in [0.25, 0.3) is 10.1 Å². The quantitative estimate of drug-likeness (QED) is 0.330. The van der Waals surface area contributed by atoms with E-state index in [4.69, 9.17) is 16.2 Å². The minimum Gasteiger partial charge on any atom is -0.456 e. The Morgan fingerprint density at radius 3 is 2.50 bits per heavy atom. The van der Waals surface area contributed by atoms with Gasteiger partial charge in [0.05, 0.1) is 5.38 Å². The van der Waals surface area contributed by atoms with Gasteiger partial charge in [0.2, 0.25) is 0 Å². The van der Waals surface area contributed by atoms with Gasteiger partial charge in [-0.15, -0.1) is 11.6 Å². The summed E-state index contributed by atoms with van der Waals surface area (Å²) in [7, 11) is -4.22. The van der Waals surface area contributed by atoms with Gasteiger partial charge in [-0.25, -0.2) is 4.79 Å². The van der Waals surface area contributed by atoms with Crippen LogP contribution < -0.4 is 0 Å². The van der Waals surface area contributed by atoms with Crippen LogP contribution in [-0.4, -0.2) is 36.2 Å². The number of hydrogen-bond acceptors (Lipinski definition) is 4. The minimum atomic E-state index is -4.22. The summed E-state index contributed by atoms with van der Waals surface area (Å²) in [5, 5.41) is -0.721. The summed E-state index contributed by atoms with van der Waals surface area (Å²) >= 11 is 5.56. The molecule has 0 heterocycles. The molecule has 0 fully saturated rings. The lowest BCUT2D eigenvalue weighted by molar-refractivity contribution is -0.141. The second kappa shape index (κ2) is 5.33. The number of alkyl halides is 1. The molecular weight excluding hydrogens is 232 g/mol. The first-order valence-electron chi connectivity index (χ1n) is 3.68. The highest BCUT2D eigenvalue weighted by Gasteiger charge is 2.24. The van der Waals surface area contributed by atoms with Gasteiger partial charge in [0.1, 0.15) is 11.9 Å². The molecule has 0 saturated carbocycles. The van der Waals surface area contributed by atoms with Crippen LogP contribution in [0.3, 0.4) is 0 Å². The first-order valence-corrected chi connectivity index (χ1v) is 5.73. The predicted octanol–water partition coefficient (Wildman–Crippen LogP) is 0.599. The zero-order valence-corrected chi connectivity index (χ0v) is 9.09. The van der Waals surface area contributed by atoms with E-state index in [0.29, 0.717) is 0 Å². The molecule has 0 radical (unpaired) electrons. The standard InChI is InChI=1S/C7H11ClO5S/c1-3-7(9)13-6(5(2)8)4-14(10,11)12/h3,5-6H,1,4H2,2H3,(H,10,11,12). The highest BCUT2D eigenvalue weighted by molar-refractivity contribution is 7.85. The number of ether oxygens (including phenoxy) is 1. The first-order chi connectivity index (χ1) is 6.26. The molecule has 0 aliphatic carbocycles. The van der Waals surface area contributed by atoms with Gasteiger partial charge in [-0.3, -0.25) is 4.55 Å². The molecule has 0 aliphatic rings. The Bertz CT molecular complexity index is 308. The second-order valence-electron chi connectivity index (χ2n) is 2.61. The molecule has 0 bridgehead atoms. The topological polar surface area (TPSA) is 80.7 Å². The van der Waals surface area contributed by atoms with Gasteiger partial charge < -0.3 is 4.74 Å². The van der Waals surface area contributed by atoms with E-state index in [1.54, 1.807) is 0 Å². The van der Waals surface area contributed by atoms with Crippen molar-refractivity contribution in [1.82, 2.24) is 0 Å². The molecule has 0 aromatic heterocycles. The van der Waals surface area contributed by atoms with E-state index in [0.717, 1.165) is 6.08 Å². The highest BCUT2D eigenvalue weighted by Crippen LogP contribution is 2.09. The van der Waals surface area contributed by atoms with Crippen LogP contribution >= 0.6 is 11.6 Å². The maximum absolute atomic E-state index is 10.7. The Balaban J connectivity index is 4.46. The van der Waals surface area contributed by atoms with Crippen LogP contribution in [-0.2, 0) is 19.6 Å². The molecule has 1 N–H and O–H groups in total. The Morgan fingerprint density at radius 1 is 1.71 bits per heavy atom. The second-order valence-corrected chi connectivity index (χ2v) is 4.79. The fourth-order valence-electron chi connectivity index (χ4n) is 0.665. The van der Waals surface area contributed by atoms with Crippen LogP contribution in [0.25, 0.3) is 0 Å². The molecule has 82 valence electrons. The van der Waals surface area contributed by atoms with Gasteiger partial charge in [0, 0.05) is 6.08 Å². The molecule has 5 nitrogen and oxygen atoms in total. The average Bonchev–Trinajstić information content (AvgIpc) is 2.00. The Labute approximate surface area is 87.4 Å². The molecule has 2 atom stereocenters. The minimum absolute atomic E-state index is 0.721. The Kier molecular flexibility index (Phi) is 5.11. The van der Waals surface area contributed by atoms with Crippen molar-refractivity contribution in [2.45, 2.75) is 18.4 Å². The maximum atomic E-state index is 10.7. The molecule has 0 rings (SSSR count). The van der Waals surface area contributed by atoms with Crippen molar-refractivity contribution in [3.05, 3.63) is 12.7 Å². The van der Waals surface area contributed by atoms with Crippen molar-refractivity contribution in [2.24, 2.45) is 0 Å². The van der Waals surface area contributed by atoms with Crippen molar-refractivity contribution in [2.75, 3.05) is 5.75 Å². The normalized spacial score (nSPS) is 15.6. The Morgan fingerprint density at radius 2 is 2.21 bits per heavy atom. The lowest BCUT2D eigenvalue weighted by Gasteiger charge is -2.17. The van der Waals surface area contributed by atoms with Crippen molar-refractivity contribution >= 4 is 27.7 Å². The molecule has 0 amide bonds. The van der Waals surface area contributed by atoms with Crippen LogP contribution in [0.15, 0.2) is 12.7 Å². The van der Waals surface area contributed by atoms with Crippen molar-refractivity contribution in [3.63, 3.8) is 0 Å². The lowest BCUT2D eigenvalue weighted by atomic mass is 10.3. The monoisotopic (exact) mass is 242 g/mol. The largest absolute Gasteiger partial charge is 0.456 e. The Hall–Kier alpha value is -0.590. The molecule has 0 saturated heterocycles. The van der Waals surface area contributed by atoms with E-state index in [9.17, 15) is 13.2 Å². The number of halogens is 1. The van der Waals surface area contributed by atoms with Gasteiger partial charge in [-0.1, -0.05) is 6.58 Å². The van der Waals surface area contributed by atoms with Gasteiger partial charge in [0.15, 0.2) is 0 Å². The van der Waals surface area contributed by atoms with E-state index in [1.165, 1.54) is 6.92 Å². The van der Waals surface area contributed by atoms with Crippen LogP contribution in [0.5, 0.6) is 0 Å². The van der Waals surface area contributed by atoms with Crippen LogP contribution in [0, 0.1) is 0 Å². The van der Waals surface area contributed by atoms with Gasteiger partial charge in [-0.2, -0.15) is 8.42 Å². The summed E-state index contributed by atoms with van der Waals surface area (Å²) in [6.07, 6.45) is -0.201. The number of rotatable bonds is 5. The zero-order chi connectivity index (χ0) is 11.4. The smallest absolute Gasteiger partial charge is 0.330 e. The summed E-state index contributed by atoms with van der Waals surface area (Å²) in [6, 6.07) is 0. The molecular formula is C7H11ClO5S. The average molecular weight is 243 g/mol. The third-order valence-electron chi connectivity index (χ3n) is 1.32. The fraction of sp³-hybridized carbons (Fsp3) is 0.571. The molecule has 2 unspecified atom stereocenters. The first kappa shape index (κ1) is 13.4. The van der Waals surface area contributed by atoms with Crippen molar-refractivity contribution < 1.29 is 22.5 Å². The predicted molar refractivity (Wildman–Crippen MR) is 51.8 cm³/mol. The van der Waals surface area contributed by atoms with Gasteiger partial charge >= 0.3 is 5.97 Å². The lowest BCUT2D eigenvalue weighted by Crippen LogP contribution is -2.32. The summed E-state index contributed by atoms with van der Waals surface area (Å²) in [5.41, 5.74) is 0. The van der Waals surface area contributed by atoms with E-state index >= 15 is 0 Å². The third kappa shape index (κ3) is 5.95. The van der Waals surface area contributed by atoms with Gasteiger partial charge in [-0.05, 0) is 6.92 Å². The SMILES string of the molecule is C=CC(=O)OC(CS(=O)(=O)O)C(C)Cl. The van der Waals surface area contributed by atoms with E-state index < -0.39 is 33.3 Å². The van der Waals surface area contributed by atoms with E-state index in [1.807, 2.05) is 0 Å². The van der Waals surface area contributed by atoms with Crippen LogP contribution in [0.2, 0.25) is 0 Å². The summed E-state index contributed by atoms with van der Waals surface area (Å²) in [6.45, 7) is 4.59. The number of hydrogen-bond donors (Lipinski definition) is 1. The molecule has 14 heavy (non-hydrogen) atoms. The summed E-state index contributed by atoms with van der Waals surface area (Å²) in [4.78, 5) is 10.7. The molecule has 0 aromatic rings. The summed E-state index contributed by atoms with van der Waals surface area (Å²) in [5.74, 6) is -1.51. The third-order valence-corrected chi connectivity index (χ3v) is 2.35. The number of carbonyl (C=O) groups excluding carboxylic acids is 1. The highest BCUT2D eigenvalue weighted by atomic mass is 35.5. The van der Waals surface area contributed by atoms with E-state index in [-0.39, 0.29) is 0 Å². The molecule has 7 heteroatoms. The maximum Gasteiger partial charge on any atom is 0.330 e. The van der Waals surface area contributed by atoms with E-state index in [2.05, 4.69) is 11.3 Å². The molecule has 0 aliphatic heterocycles. The van der Waals surface area contributed by atoms with Crippen molar-refractivity contribution in [3.8, 4) is 0 Å². The van der Waals surface area contributed by atoms with Crippen molar-refractivity contribution in [1.29, 1.82) is 0 Å². The number of carbonyl (C=O) groups is 1. The van der Waals surface area contributed by atoms with Crippen LogP contribution in [0.1, 0.15) is 6.92 Å². The molecule has 0 spiro atoms. The fourth-order valence-corrected chi connectivity index (χ4v) is 1.68. The summed E-state index contributed by atoms with van der Waals surface area (Å²) < 4.78 is 34.1. The molecule has 0 aromatic carbocycles. The van der Waals surface area contributed by atoms with Crippen LogP contribution in [0.4, 0.5) is 0 Å².